The lowest BCUT2D eigenvalue weighted by Crippen LogP contribution is -2.51. The Labute approximate surface area is 164 Å². The van der Waals surface area contributed by atoms with Gasteiger partial charge in [0.1, 0.15) is 5.75 Å². The minimum atomic E-state index is 0.199. The number of aliphatic imine (C=N–C) groups is 1. The van der Waals surface area contributed by atoms with E-state index in [4.69, 9.17) is 9.73 Å². The van der Waals surface area contributed by atoms with Crippen LogP contribution in [0.15, 0.2) is 59.6 Å². The van der Waals surface area contributed by atoms with Gasteiger partial charge in [0, 0.05) is 30.8 Å². The number of methoxy groups -OCH3 is 1. The summed E-state index contributed by atoms with van der Waals surface area (Å²) < 4.78 is 5.22. The van der Waals surface area contributed by atoms with Crippen molar-refractivity contribution in [1.29, 1.82) is 0 Å². The van der Waals surface area contributed by atoms with E-state index in [1.165, 1.54) is 12.0 Å². The van der Waals surface area contributed by atoms with E-state index in [9.17, 15) is 0 Å². The van der Waals surface area contributed by atoms with Crippen molar-refractivity contribution in [2.45, 2.75) is 38.1 Å². The molecule has 0 aliphatic carbocycles. The topological polar surface area (TPSA) is 24.8 Å². The molecule has 1 heterocycles. The predicted octanol–water partition coefficient (Wildman–Crippen LogP) is 4.80. The summed E-state index contributed by atoms with van der Waals surface area (Å²) in [5, 5.41) is 0. The number of likely N-dealkylation sites (tertiary alicyclic amines) is 1. The summed E-state index contributed by atoms with van der Waals surface area (Å²) in [6.07, 6.45) is 4.26. The fraction of sp³-hybridized carbons (Fsp3) is 0.458. The molecule has 0 unspecified atom stereocenters. The first-order valence-electron chi connectivity index (χ1n) is 9.95. The zero-order valence-electron chi connectivity index (χ0n) is 17.1. The average molecular weight is 365 g/mol. The second-order valence-corrected chi connectivity index (χ2v) is 7.97. The van der Waals surface area contributed by atoms with Crippen LogP contribution in [0.2, 0.25) is 0 Å². The standard InChI is InChI=1S/C24H32N2O/c1-19-18-26(3)20(2)16-24(19,22-8-6-5-7-9-22)14-15-25-17-21-10-12-23(27-4)13-11-21/h5-13,17,19-20H,14-16,18H2,1-4H3/t19-,20-,24-/m0/s1. The minimum Gasteiger partial charge on any atom is -0.497 e. The molecule has 144 valence electrons. The summed E-state index contributed by atoms with van der Waals surface area (Å²) in [7, 11) is 3.94. The summed E-state index contributed by atoms with van der Waals surface area (Å²) in [6, 6.07) is 19.7. The van der Waals surface area contributed by atoms with Gasteiger partial charge in [-0.15, -0.1) is 0 Å². The molecule has 1 saturated heterocycles. The zero-order valence-corrected chi connectivity index (χ0v) is 17.1. The third-order valence-electron chi connectivity index (χ3n) is 6.31. The Morgan fingerprint density at radius 1 is 1.11 bits per heavy atom. The van der Waals surface area contributed by atoms with E-state index in [1.54, 1.807) is 7.11 Å². The molecule has 0 aromatic heterocycles. The van der Waals surface area contributed by atoms with E-state index in [1.807, 2.05) is 18.3 Å². The van der Waals surface area contributed by atoms with Crippen molar-refractivity contribution in [1.82, 2.24) is 4.90 Å². The van der Waals surface area contributed by atoms with Crippen LogP contribution in [0.1, 0.15) is 37.8 Å². The monoisotopic (exact) mass is 364 g/mol. The SMILES string of the molecule is COc1ccc(C=NCC[C@]2(c3ccccc3)C[C@H](C)N(C)C[C@@H]2C)cc1. The molecule has 0 spiro atoms. The van der Waals surface area contributed by atoms with Gasteiger partial charge in [-0.3, -0.25) is 4.99 Å². The van der Waals surface area contributed by atoms with Crippen molar-refractivity contribution in [2.75, 3.05) is 27.2 Å². The van der Waals surface area contributed by atoms with Crippen molar-refractivity contribution in [3.05, 3.63) is 65.7 Å². The van der Waals surface area contributed by atoms with Crippen LogP contribution in [-0.2, 0) is 5.41 Å². The Balaban J connectivity index is 1.75. The third-order valence-corrected chi connectivity index (χ3v) is 6.31. The highest BCUT2D eigenvalue weighted by Crippen LogP contribution is 2.44. The van der Waals surface area contributed by atoms with Gasteiger partial charge in [-0.1, -0.05) is 37.3 Å². The van der Waals surface area contributed by atoms with E-state index in [0.29, 0.717) is 12.0 Å². The van der Waals surface area contributed by atoms with Gasteiger partial charge in [0.05, 0.1) is 7.11 Å². The normalized spacial score (nSPS) is 26.4. The maximum Gasteiger partial charge on any atom is 0.118 e. The van der Waals surface area contributed by atoms with Crippen LogP contribution in [0.5, 0.6) is 5.75 Å². The second-order valence-electron chi connectivity index (χ2n) is 7.97. The Morgan fingerprint density at radius 2 is 1.81 bits per heavy atom. The molecule has 3 heteroatoms. The first kappa shape index (κ1) is 19.6. The van der Waals surface area contributed by atoms with Gasteiger partial charge < -0.3 is 9.64 Å². The molecule has 0 saturated carbocycles. The highest BCUT2D eigenvalue weighted by Gasteiger charge is 2.43. The quantitative estimate of drug-likeness (QED) is 0.688. The van der Waals surface area contributed by atoms with E-state index >= 15 is 0 Å². The van der Waals surface area contributed by atoms with Crippen LogP contribution in [0.3, 0.4) is 0 Å². The number of hydrogen-bond acceptors (Lipinski definition) is 3. The minimum absolute atomic E-state index is 0.199. The molecule has 3 rings (SSSR count). The van der Waals surface area contributed by atoms with Crippen molar-refractivity contribution < 1.29 is 4.74 Å². The van der Waals surface area contributed by atoms with E-state index in [2.05, 4.69) is 68.3 Å². The Bertz CT molecular complexity index is 741. The summed E-state index contributed by atoms with van der Waals surface area (Å²) in [6.45, 7) is 6.74. The highest BCUT2D eigenvalue weighted by molar-refractivity contribution is 5.79. The highest BCUT2D eigenvalue weighted by atomic mass is 16.5. The molecule has 0 amide bonds. The van der Waals surface area contributed by atoms with Gasteiger partial charge >= 0.3 is 0 Å². The Morgan fingerprint density at radius 3 is 2.48 bits per heavy atom. The van der Waals surface area contributed by atoms with Crippen LogP contribution in [0.25, 0.3) is 0 Å². The molecule has 0 N–H and O–H groups in total. The number of ether oxygens (including phenoxy) is 1. The van der Waals surface area contributed by atoms with Crippen LogP contribution in [0, 0.1) is 5.92 Å². The number of nitrogens with zero attached hydrogens (tertiary/aromatic N) is 2. The van der Waals surface area contributed by atoms with Crippen molar-refractivity contribution in [3.63, 3.8) is 0 Å². The van der Waals surface area contributed by atoms with Gasteiger partial charge in [0.15, 0.2) is 0 Å². The molecule has 1 aliphatic rings. The van der Waals surface area contributed by atoms with Crippen LogP contribution in [-0.4, -0.2) is 44.4 Å². The van der Waals surface area contributed by atoms with Crippen molar-refractivity contribution in [3.8, 4) is 5.75 Å². The van der Waals surface area contributed by atoms with E-state index in [0.717, 1.165) is 30.8 Å². The number of piperidine rings is 1. The lowest BCUT2D eigenvalue weighted by Gasteiger charge is -2.49. The molecule has 1 fully saturated rings. The van der Waals surface area contributed by atoms with E-state index in [-0.39, 0.29) is 5.41 Å². The van der Waals surface area contributed by atoms with Gasteiger partial charge in [-0.25, -0.2) is 0 Å². The third kappa shape index (κ3) is 4.41. The molecular weight excluding hydrogens is 332 g/mol. The largest absolute Gasteiger partial charge is 0.497 e. The molecule has 0 radical (unpaired) electrons. The fourth-order valence-electron chi connectivity index (χ4n) is 4.46. The number of benzene rings is 2. The molecule has 3 nitrogen and oxygen atoms in total. The maximum atomic E-state index is 5.22. The lowest BCUT2D eigenvalue weighted by molar-refractivity contribution is 0.0705. The summed E-state index contributed by atoms with van der Waals surface area (Å²) in [5.41, 5.74) is 2.79. The Kier molecular flexibility index (Phi) is 6.33. The second kappa shape index (κ2) is 8.71. The predicted molar refractivity (Wildman–Crippen MR) is 114 cm³/mol. The smallest absolute Gasteiger partial charge is 0.118 e. The maximum absolute atomic E-state index is 5.22. The zero-order chi connectivity index (χ0) is 19.3. The number of rotatable bonds is 6. The molecule has 0 bridgehead atoms. The average Bonchev–Trinajstić information content (AvgIpc) is 2.70. The van der Waals surface area contributed by atoms with Crippen LogP contribution in [0.4, 0.5) is 0 Å². The van der Waals surface area contributed by atoms with Gasteiger partial charge in [-0.05, 0) is 68.1 Å². The molecule has 3 atom stereocenters. The molecule has 27 heavy (non-hydrogen) atoms. The Hall–Kier alpha value is -2.13. The first-order valence-corrected chi connectivity index (χ1v) is 9.95. The van der Waals surface area contributed by atoms with Crippen molar-refractivity contribution in [2.24, 2.45) is 10.9 Å². The van der Waals surface area contributed by atoms with Crippen molar-refractivity contribution >= 4 is 6.21 Å². The van der Waals surface area contributed by atoms with Crippen LogP contribution < -0.4 is 4.74 Å². The first-order chi connectivity index (χ1) is 13.0. The summed E-state index contributed by atoms with van der Waals surface area (Å²) >= 11 is 0. The lowest BCUT2D eigenvalue weighted by atomic mass is 9.63. The van der Waals surface area contributed by atoms with Gasteiger partial charge in [-0.2, -0.15) is 0 Å². The molecule has 1 aliphatic heterocycles. The summed E-state index contributed by atoms with van der Waals surface area (Å²) in [5.74, 6) is 1.49. The molecule has 2 aromatic rings. The fourth-order valence-corrected chi connectivity index (χ4v) is 4.46. The van der Waals surface area contributed by atoms with E-state index < -0.39 is 0 Å². The molecular formula is C24H32N2O. The van der Waals surface area contributed by atoms with Crippen LogP contribution >= 0.6 is 0 Å². The number of hydrogen-bond donors (Lipinski definition) is 0. The summed E-state index contributed by atoms with van der Waals surface area (Å²) in [4.78, 5) is 7.25. The van der Waals surface area contributed by atoms with Gasteiger partial charge in [0.2, 0.25) is 0 Å². The van der Waals surface area contributed by atoms with Gasteiger partial charge in [0.25, 0.3) is 0 Å². The molecule has 2 aromatic carbocycles.